The highest BCUT2D eigenvalue weighted by Gasteiger charge is 2.13. The minimum atomic E-state index is 0.255. The first kappa shape index (κ1) is 16.8. The largest absolute Gasteiger partial charge is 0.407 e. The van der Waals surface area contributed by atoms with Crippen molar-refractivity contribution in [2.45, 2.75) is 20.3 Å². The Labute approximate surface area is 155 Å². The fourth-order valence-electron chi connectivity index (χ4n) is 2.40. The maximum atomic E-state index is 5.58. The molecule has 4 rings (SSSR count). The number of nitrogens with zero attached hydrogens (tertiary/aromatic N) is 4. The Bertz CT molecular complexity index is 937. The molecule has 0 aliphatic rings. The number of benzene rings is 2. The quantitative estimate of drug-likeness (QED) is 0.527. The molecule has 2 N–H and O–H groups in total. The number of rotatable bonds is 6. The van der Waals surface area contributed by atoms with Crippen LogP contribution in [0.4, 0.5) is 23.4 Å². The van der Waals surface area contributed by atoms with Crippen LogP contribution in [-0.2, 0) is 6.42 Å². The molecule has 2 heterocycles. The molecule has 0 aliphatic carbocycles. The standard InChI is InChI=1S/C19H18N6O2/c1-12-3-7-14(8-4-12)20-18-24-22-16(26-18)11-17-23-25-19(27-17)21-15-9-5-13(2)6-10-15/h3-10H,11H2,1-2H3,(H,20,24)(H,21,25). The second-order valence-electron chi connectivity index (χ2n) is 6.16. The Morgan fingerprint density at radius 3 is 1.44 bits per heavy atom. The first-order valence-electron chi connectivity index (χ1n) is 8.46. The third-order valence-corrected chi connectivity index (χ3v) is 3.84. The lowest BCUT2D eigenvalue weighted by molar-refractivity contribution is 0.469. The van der Waals surface area contributed by atoms with Gasteiger partial charge >= 0.3 is 12.0 Å². The van der Waals surface area contributed by atoms with Crippen molar-refractivity contribution >= 4 is 23.4 Å². The summed E-state index contributed by atoms with van der Waals surface area (Å²) in [6.07, 6.45) is 0.255. The van der Waals surface area contributed by atoms with Crippen LogP contribution in [0, 0.1) is 13.8 Å². The number of aromatic nitrogens is 4. The van der Waals surface area contributed by atoms with Gasteiger partial charge in [-0.15, -0.1) is 10.2 Å². The highest BCUT2D eigenvalue weighted by atomic mass is 16.4. The second kappa shape index (κ2) is 7.28. The van der Waals surface area contributed by atoms with Gasteiger partial charge in [-0.2, -0.15) is 0 Å². The summed E-state index contributed by atoms with van der Waals surface area (Å²) in [6, 6.07) is 16.4. The fourth-order valence-corrected chi connectivity index (χ4v) is 2.40. The molecule has 0 atom stereocenters. The van der Waals surface area contributed by atoms with Gasteiger partial charge in [-0.1, -0.05) is 45.6 Å². The van der Waals surface area contributed by atoms with E-state index in [1.165, 1.54) is 11.1 Å². The molecular weight excluding hydrogens is 344 g/mol. The Kier molecular flexibility index (Phi) is 4.52. The van der Waals surface area contributed by atoms with E-state index in [1.807, 2.05) is 62.4 Å². The lowest BCUT2D eigenvalue weighted by Gasteiger charge is -2.01. The number of aryl methyl sites for hydroxylation is 2. The summed E-state index contributed by atoms with van der Waals surface area (Å²) in [7, 11) is 0. The van der Waals surface area contributed by atoms with Crippen LogP contribution in [-0.4, -0.2) is 20.4 Å². The molecule has 0 amide bonds. The predicted octanol–water partition coefficient (Wildman–Crippen LogP) is 4.15. The average Bonchev–Trinajstić information content (AvgIpc) is 3.29. The van der Waals surface area contributed by atoms with Crippen molar-refractivity contribution in [3.8, 4) is 0 Å². The lowest BCUT2D eigenvalue weighted by atomic mass is 10.2. The Morgan fingerprint density at radius 1 is 0.630 bits per heavy atom. The van der Waals surface area contributed by atoms with Crippen LogP contribution in [0.25, 0.3) is 0 Å². The molecule has 0 spiro atoms. The smallest absolute Gasteiger partial charge is 0.320 e. The van der Waals surface area contributed by atoms with E-state index in [0.717, 1.165) is 11.4 Å². The van der Waals surface area contributed by atoms with Gasteiger partial charge in [0.15, 0.2) is 0 Å². The summed E-state index contributed by atoms with van der Waals surface area (Å²) in [6.45, 7) is 4.06. The van der Waals surface area contributed by atoms with E-state index in [1.54, 1.807) is 0 Å². The fraction of sp³-hybridized carbons (Fsp3) is 0.158. The van der Waals surface area contributed by atoms with Gasteiger partial charge in [0.1, 0.15) is 6.42 Å². The third-order valence-electron chi connectivity index (χ3n) is 3.84. The zero-order valence-electron chi connectivity index (χ0n) is 14.9. The topological polar surface area (TPSA) is 102 Å². The first-order valence-corrected chi connectivity index (χ1v) is 8.46. The first-order chi connectivity index (χ1) is 13.1. The molecule has 0 radical (unpaired) electrons. The molecule has 0 unspecified atom stereocenters. The van der Waals surface area contributed by atoms with Gasteiger partial charge in [0.2, 0.25) is 11.8 Å². The van der Waals surface area contributed by atoms with Crippen molar-refractivity contribution in [2.75, 3.05) is 10.6 Å². The minimum Gasteiger partial charge on any atom is -0.407 e. The zero-order chi connectivity index (χ0) is 18.6. The second-order valence-corrected chi connectivity index (χ2v) is 6.16. The van der Waals surface area contributed by atoms with Gasteiger partial charge in [-0.25, -0.2) is 0 Å². The van der Waals surface area contributed by atoms with Crippen LogP contribution < -0.4 is 10.6 Å². The van der Waals surface area contributed by atoms with Crippen LogP contribution in [0.3, 0.4) is 0 Å². The van der Waals surface area contributed by atoms with E-state index in [4.69, 9.17) is 8.83 Å². The van der Waals surface area contributed by atoms with E-state index < -0.39 is 0 Å². The summed E-state index contributed by atoms with van der Waals surface area (Å²) < 4.78 is 11.2. The molecule has 4 aromatic rings. The molecule has 8 heteroatoms. The molecule has 136 valence electrons. The van der Waals surface area contributed by atoms with Gasteiger partial charge in [0.05, 0.1) is 0 Å². The van der Waals surface area contributed by atoms with Crippen molar-refractivity contribution in [1.82, 2.24) is 20.4 Å². The van der Waals surface area contributed by atoms with E-state index >= 15 is 0 Å². The van der Waals surface area contributed by atoms with Gasteiger partial charge in [0, 0.05) is 11.4 Å². The van der Waals surface area contributed by atoms with Gasteiger partial charge in [0.25, 0.3) is 0 Å². The number of hydrogen-bond acceptors (Lipinski definition) is 8. The van der Waals surface area contributed by atoms with Crippen LogP contribution in [0.5, 0.6) is 0 Å². The normalized spacial score (nSPS) is 10.7. The third kappa shape index (κ3) is 4.30. The molecule has 0 saturated carbocycles. The maximum Gasteiger partial charge on any atom is 0.320 e. The Morgan fingerprint density at radius 2 is 1.04 bits per heavy atom. The molecule has 27 heavy (non-hydrogen) atoms. The zero-order valence-corrected chi connectivity index (χ0v) is 14.9. The van der Waals surface area contributed by atoms with E-state index in [-0.39, 0.29) is 6.42 Å². The van der Waals surface area contributed by atoms with Gasteiger partial charge in [-0.3, -0.25) is 0 Å². The summed E-state index contributed by atoms with van der Waals surface area (Å²) in [5, 5.41) is 22.1. The Hall–Kier alpha value is -3.68. The minimum absolute atomic E-state index is 0.255. The average molecular weight is 362 g/mol. The molecule has 2 aromatic carbocycles. The van der Waals surface area contributed by atoms with Crippen molar-refractivity contribution < 1.29 is 8.83 Å². The van der Waals surface area contributed by atoms with Crippen molar-refractivity contribution in [1.29, 1.82) is 0 Å². The van der Waals surface area contributed by atoms with Gasteiger partial charge < -0.3 is 19.5 Å². The molecule has 8 nitrogen and oxygen atoms in total. The van der Waals surface area contributed by atoms with Crippen molar-refractivity contribution in [3.05, 3.63) is 71.4 Å². The van der Waals surface area contributed by atoms with Crippen LogP contribution in [0.15, 0.2) is 57.4 Å². The summed E-state index contributed by atoms with van der Waals surface area (Å²) in [5.41, 5.74) is 4.10. The van der Waals surface area contributed by atoms with E-state index in [0.29, 0.717) is 23.8 Å². The lowest BCUT2D eigenvalue weighted by Crippen LogP contribution is -1.90. The highest BCUT2D eigenvalue weighted by molar-refractivity contribution is 5.53. The predicted molar refractivity (Wildman–Crippen MR) is 100 cm³/mol. The maximum absolute atomic E-state index is 5.58. The number of nitrogens with one attached hydrogen (secondary N) is 2. The molecular formula is C19H18N6O2. The van der Waals surface area contributed by atoms with Crippen LogP contribution >= 0.6 is 0 Å². The monoisotopic (exact) mass is 362 g/mol. The molecule has 0 aliphatic heterocycles. The molecule has 2 aromatic heterocycles. The van der Waals surface area contributed by atoms with Crippen molar-refractivity contribution in [2.24, 2.45) is 0 Å². The summed E-state index contributed by atoms with van der Waals surface area (Å²) >= 11 is 0. The number of anilines is 4. The molecule has 0 fully saturated rings. The molecule has 0 saturated heterocycles. The molecule has 0 bridgehead atoms. The van der Waals surface area contributed by atoms with Crippen LogP contribution in [0.1, 0.15) is 22.9 Å². The van der Waals surface area contributed by atoms with Crippen molar-refractivity contribution in [3.63, 3.8) is 0 Å². The van der Waals surface area contributed by atoms with E-state index in [2.05, 4.69) is 31.0 Å². The van der Waals surface area contributed by atoms with Crippen LogP contribution in [0.2, 0.25) is 0 Å². The number of hydrogen-bond donors (Lipinski definition) is 2. The highest BCUT2D eigenvalue weighted by Crippen LogP contribution is 2.19. The summed E-state index contributed by atoms with van der Waals surface area (Å²) in [4.78, 5) is 0. The van der Waals surface area contributed by atoms with E-state index in [9.17, 15) is 0 Å². The van der Waals surface area contributed by atoms with Gasteiger partial charge in [-0.05, 0) is 38.1 Å². The SMILES string of the molecule is Cc1ccc(Nc2nnc(Cc3nnc(Nc4ccc(C)cc4)o3)o2)cc1. The summed E-state index contributed by atoms with van der Waals surface area (Å²) in [5.74, 6) is 0.769. The Balaban J connectivity index is 1.38.